The highest BCUT2D eigenvalue weighted by molar-refractivity contribution is 6.22. The van der Waals surface area contributed by atoms with E-state index in [1.165, 1.54) is 4.90 Å². The molecule has 7 heteroatoms. The number of nitrogens with zero attached hydrogens (tertiary/aromatic N) is 2. The van der Waals surface area contributed by atoms with Gasteiger partial charge in [-0.3, -0.25) is 14.5 Å². The number of benzene rings is 1. The minimum atomic E-state index is -0.437. The highest BCUT2D eigenvalue weighted by Gasteiger charge is 2.39. The van der Waals surface area contributed by atoms with Crippen molar-refractivity contribution in [3.8, 4) is 0 Å². The summed E-state index contributed by atoms with van der Waals surface area (Å²) in [7, 11) is 0. The van der Waals surface area contributed by atoms with Crippen molar-refractivity contribution >= 4 is 28.4 Å². The summed E-state index contributed by atoms with van der Waals surface area (Å²) >= 11 is 0. The molecule has 2 saturated heterocycles. The summed E-state index contributed by atoms with van der Waals surface area (Å²) in [6.45, 7) is 4.90. The molecule has 2 aliphatic rings. The topological polar surface area (TPSA) is 77.7 Å². The third-order valence-electron chi connectivity index (χ3n) is 4.87. The van der Waals surface area contributed by atoms with Crippen molar-refractivity contribution < 1.29 is 14.3 Å². The zero-order valence-corrected chi connectivity index (χ0v) is 14.0. The number of H-pyrrole nitrogens is 1. The Morgan fingerprint density at radius 1 is 1.20 bits per heavy atom. The number of anilines is 1. The Bertz CT molecular complexity index is 781. The molecule has 2 amide bonds. The standard InChI is InChI=1S/C18H22N4O3/c23-17-12-16(20-5-6-21-7-9-25-10-8-21)18(24)22(17)14-2-1-13-3-4-19-15(13)11-14/h1-4,11,16,19-20H,5-10,12H2. The molecule has 1 atom stereocenters. The predicted octanol–water partition coefficient (Wildman–Crippen LogP) is 0.722. The Morgan fingerprint density at radius 3 is 2.88 bits per heavy atom. The van der Waals surface area contributed by atoms with Gasteiger partial charge in [0.25, 0.3) is 5.91 Å². The molecule has 1 unspecified atom stereocenters. The second kappa shape index (κ2) is 6.95. The minimum absolute atomic E-state index is 0.153. The number of carbonyl (C=O) groups is 2. The lowest BCUT2D eigenvalue weighted by Gasteiger charge is -2.27. The first-order valence-corrected chi connectivity index (χ1v) is 8.70. The molecule has 4 rings (SSSR count). The SMILES string of the molecule is O=C1CC(NCCN2CCOCC2)C(=O)N1c1ccc2cc[nH]c2c1. The first-order chi connectivity index (χ1) is 12.2. The molecule has 2 aromatic rings. The lowest BCUT2D eigenvalue weighted by Crippen LogP contribution is -2.44. The van der Waals surface area contributed by atoms with Crippen molar-refractivity contribution in [2.24, 2.45) is 0 Å². The van der Waals surface area contributed by atoms with Crippen LogP contribution in [0.4, 0.5) is 5.69 Å². The molecule has 25 heavy (non-hydrogen) atoms. The molecule has 3 heterocycles. The van der Waals surface area contributed by atoms with E-state index in [1.807, 2.05) is 30.5 Å². The van der Waals surface area contributed by atoms with Gasteiger partial charge in [-0.05, 0) is 23.6 Å². The summed E-state index contributed by atoms with van der Waals surface area (Å²) in [6, 6.07) is 7.11. The van der Waals surface area contributed by atoms with Crippen molar-refractivity contribution in [1.29, 1.82) is 0 Å². The van der Waals surface area contributed by atoms with E-state index >= 15 is 0 Å². The molecule has 2 fully saturated rings. The molecular weight excluding hydrogens is 320 g/mol. The summed E-state index contributed by atoms with van der Waals surface area (Å²) in [5.74, 6) is -0.322. The fraction of sp³-hybridized carbons (Fsp3) is 0.444. The number of fused-ring (bicyclic) bond motifs is 1. The van der Waals surface area contributed by atoms with Gasteiger partial charge >= 0.3 is 0 Å². The summed E-state index contributed by atoms with van der Waals surface area (Å²) in [5, 5.41) is 4.30. The smallest absolute Gasteiger partial charge is 0.251 e. The van der Waals surface area contributed by atoms with Crippen LogP contribution in [0.1, 0.15) is 6.42 Å². The minimum Gasteiger partial charge on any atom is -0.379 e. The summed E-state index contributed by atoms with van der Waals surface area (Å²) < 4.78 is 5.33. The van der Waals surface area contributed by atoms with Gasteiger partial charge in [-0.1, -0.05) is 6.07 Å². The molecule has 1 aromatic heterocycles. The summed E-state index contributed by atoms with van der Waals surface area (Å²) in [4.78, 5) is 31.7. The van der Waals surface area contributed by atoms with Gasteiger partial charge in [0.1, 0.15) is 0 Å². The average Bonchev–Trinajstić information content (AvgIpc) is 3.20. The van der Waals surface area contributed by atoms with Crippen LogP contribution in [0.2, 0.25) is 0 Å². The molecule has 0 radical (unpaired) electrons. The number of aromatic amines is 1. The zero-order chi connectivity index (χ0) is 17.2. The van der Waals surface area contributed by atoms with Crippen molar-refractivity contribution in [1.82, 2.24) is 15.2 Å². The number of rotatable bonds is 5. The molecular formula is C18H22N4O3. The number of amides is 2. The molecule has 0 bridgehead atoms. The van der Waals surface area contributed by atoms with E-state index in [2.05, 4.69) is 15.2 Å². The van der Waals surface area contributed by atoms with Gasteiger partial charge in [-0.25, -0.2) is 4.90 Å². The van der Waals surface area contributed by atoms with Gasteiger partial charge in [0.05, 0.1) is 31.4 Å². The summed E-state index contributed by atoms with van der Waals surface area (Å²) in [5.41, 5.74) is 1.55. The molecule has 0 saturated carbocycles. The number of aromatic nitrogens is 1. The maximum atomic E-state index is 12.7. The lowest BCUT2D eigenvalue weighted by atomic mass is 10.2. The van der Waals surface area contributed by atoms with E-state index in [4.69, 9.17) is 4.74 Å². The van der Waals surface area contributed by atoms with Gasteiger partial charge in [-0.2, -0.15) is 0 Å². The maximum absolute atomic E-state index is 12.7. The fourth-order valence-corrected chi connectivity index (χ4v) is 3.46. The van der Waals surface area contributed by atoms with Crippen LogP contribution in [0.25, 0.3) is 10.9 Å². The van der Waals surface area contributed by atoms with E-state index < -0.39 is 6.04 Å². The molecule has 0 spiro atoms. The number of carbonyl (C=O) groups excluding carboxylic acids is 2. The van der Waals surface area contributed by atoms with Crippen LogP contribution in [0.5, 0.6) is 0 Å². The quantitative estimate of drug-likeness (QED) is 0.783. The van der Waals surface area contributed by atoms with Crippen LogP contribution < -0.4 is 10.2 Å². The van der Waals surface area contributed by atoms with E-state index in [0.29, 0.717) is 12.2 Å². The van der Waals surface area contributed by atoms with Gasteiger partial charge < -0.3 is 15.0 Å². The Balaban J connectivity index is 1.39. The highest BCUT2D eigenvalue weighted by Crippen LogP contribution is 2.26. The third-order valence-corrected chi connectivity index (χ3v) is 4.87. The van der Waals surface area contributed by atoms with Gasteiger partial charge in [0.15, 0.2) is 0 Å². The Labute approximate surface area is 145 Å². The van der Waals surface area contributed by atoms with E-state index in [9.17, 15) is 9.59 Å². The number of hydrogen-bond acceptors (Lipinski definition) is 5. The molecule has 0 aliphatic carbocycles. The summed E-state index contributed by atoms with van der Waals surface area (Å²) in [6.07, 6.45) is 2.06. The van der Waals surface area contributed by atoms with Crippen molar-refractivity contribution in [3.05, 3.63) is 30.5 Å². The number of nitrogens with one attached hydrogen (secondary N) is 2. The zero-order valence-electron chi connectivity index (χ0n) is 14.0. The van der Waals surface area contributed by atoms with E-state index in [0.717, 1.165) is 43.8 Å². The second-order valence-electron chi connectivity index (χ2n) is 6.48. The van der Waals surface area contributed by atoms with E-state index in [1.54, 1.807) is 0 Å². The van der Waals surface area contributed by atoms with Crippen LogP contribution in [-0.2, 0) is 14.3 Å². The second-order valence-corrected chi connectivity index (χ2v) is 6.48. The predicted molar refractivity (Wildman–Crippen MR) is 94.5 cm³/mol. The van der Waals surface area contributed by atoms with Crippen LogP contribution in [0.15, 0.2) is 30.5 Å². The van der Waals surface area contributed by atoms with Gasteiger partial charge in [0, 0.05) is 37.9 Å². The maximum Gasteiger partial charge on any atom is 0.251 e. The Kier molecular flexibility index (Phi) is 4.52. The van der Waals surface area contributed by atoms with Gasteiger partial charge in [-0.15, -0.1) is 0 Å². The number of morpholine rings is 1. The molecule has 7 nitrogen and oxygen atoms in total. The number of ether oxygens (including phenoxy) is 1. The van der Waals surface area contributed by atoms with Crippen molar-refractivity contribution in [2.75, 3.05) is 44.3 Å². The number of imide groups is 1. The molecule has 2 aliphatic heterocycles. The van der Waals surface area contributed by atoms with Gasteiger partial charge in [0.2, 0.25) is 5.91 Å². The van der Waals surface area contributed by atoms with Crippen LogP contribution >= 0.6 is 0 Å². The van der Waals surface area contributed by atoms with Crippen LogP contribution in [-0.4, -0.2) is 67.1 Å². The largest absolute Gasteiger partial charge is 0.379 e. The van der Waals surface area contributed by atoms with Crippen LogP contribution in [0.3, 0.4) is 0 Å². The first-order valence-electron chi connectivity index (χ1n) is 8.70. The van der Waals surface area contributed by atoms with Crippen molar-refractivity contribution in [3.63, 3.8) is 0 Å². The fourth-order valence-electron chi connectivity index (χ4n) is 3.46. The lowest BCUT2D eigenvalue weighted by molar-refractivity contribution is -0.121. The molecule has 1 aromatic carbocycles. The van der Waals surface area contributed by atoms with Crippen LogP contribution in [0, 0.1) is 0 Å². The normalized spacial score (nSPS) is 22.2. The third kappa shape index (κ3) is 3.30. The monoisotopic (exact) mass is 342 g/mol. The molecule has 2 N–H and O–H groups in total. The Morgan fingerprint density at radius 2 is 2.04 bits per heavy atom. The van der Waals surface area contributed by atoms with E-state index in [-0.39, 0.29) is 18.2 Å². The average molecular weight is 342 g/mol. The highest BCUT2D eigenvalue weighted by atomic mass is 16.5. The van der Waals surface area contributed by atoms with Crippen molar-refractivity contribution in [2.45, 2.75) is 12.5 Å². The Hall–Kier alpha value is -2.22. The first kappa shape index (κ1) is 16.3. The number of hydrogen-bond donors (Lipinski definition) is 2. The molecule has 132 valence electrons.